The number of benzene rings is 2. The highest BCUT2D eigenvalue weighted by molar-refractivity contribution is 6.04. The third kappa shape index (κ3) is 2.31. The number of hydrogen-bond acceptors (Lipinski definition) is 2. The normalized spacial score (nSPS) is 19.9. The van der Waals surface area contributed by atoms with Gasteiger partial charge in [0.1, 0.15) is 5.82 Å². The Kier molecular flexibility index (Phi) is 3.50. The molecule has 1 unspecified atom stereocenters. The highest BCUT2D eigenvalue weighted by Gasteiger charge is 2.26. The lowest BCUT2D eigenvalue weighted by molar-refractivity contribution is 0.313. The zero-order chi connectivity index (χ0) is 13.9. The Balaban J connectivity index is 1.91. The zero-order valence-electron chi connectivity index (χ0n) is 11.1. The van der Waals surface area contributed by atoms with Crippen molar-refractivity contribution < 1.29 is 9.60 Å². The number of oxime groups is 1. The van der Waals surface area contributed by atoms with E-state index < -0.39 is 0 Å². The van der Waals surface area contributed by atoms with Crippen LogP contribution < -0.4 is 0 Å². The quantitative estimate of drug-likeness (QED) is 0.652. The van der Waals surface area contributed by atoms with Crippen molar-refractivity contribution in [2.75, 3.05) is 0 Å². The third-order valence-corrected chi connectivity index (χ3v) is 3.97. The Morgan fingerprint density at radius 2 is 1.85 bits per heavy atom. The van der Waals surface area contributed by atoms with Crippen molar-refractivity contribution >= 4 is 5.71 Å². The van der Waals surface area contributed by atoms with Gasteiger partial charge in [0.05, 0.1) is 5.71 Å². The van der Waals surface area contributed by atoms with Crippen molar-refractivity contribution in [1.82, 2.24) is 0 Å². The highest BCUT2D eigenvalue weighted by atomic mass is 19.1. The van der Waals surface area contributed by atoms with Gasteiger partial charge < -0.3 is 5.21 Å². The van der Waals surface area contributed by atoms with Gasteiger partial charge in [-0.2, -0.15) is 0 Å². The van der Waals surface area contributed by atoms with E-state index in [1.807, 2.05) is 24.3 Å². The fourth-order valence-corrected chi connectivity index (χ4v) is 2.94. The van der Waals surface area contributed by atoms with Gasteiger partial charge in [0, 0.05) is 11.5 Å². The smallest absolute Gasteiger partial charge is 0.126 e. The van der Waals surface area contributed by atoms with Crippen LogP contribution in [0.3, 0.4) is 0 Å². The standard InChI is InChI=1S/C17H16FNO/c18-16-8-4-2-6-13(16)11-14-10-9-12-5-1-3-7-15(12)17(14)19-20/h1-8,14,20H,9-11H2. The molecule has 1 atom stereocenters. The maximum atomic E-state index is 13.8. The summed E-state index contributed by atoms with van der Waals surface area (Å²) < 4.78 is 13.8. The molecule has 0 fully saturated rings. The molecule has 3 rings (SSSR count). The van der Waals surface area contributed by atoms with Crippen LogP contribution in [0.15, 0.2) is 53.7 Å². The second-order valence-corrected chi connectivity index (χ2v) is 5.17. The molecule has 0 heterocycles. The van der Waals surface area contributed by atoms with Crippen LogP contribution in [0.25, 0.3) is 0 Å². The Hall–Kier alpha value is -2.16. The highest BCUT2D eigenvalue weighted by Crippen LogP contribution is 2.29. The molecule has 20 heavy (non-hydrogen) atoms. The third-order valence-electron chi connectivity index (χ3n) is 3.97. The van der Waals surface area contributed by atoms with E-state index in [9.17, 15) is 9.60 Å². The molecule has 1 aliphatic rings. The molecule has 1 aliphatic carbocycles. The number of hydrogen-bond donors (Lipinski definition) is 1. The summed E-state index contributed by atoms with van der Waals surface area (Å²) in [5.41, 5.74) is 3.54. The Labute approximate surface area is 117 Å². The summed E-state index contributed by atoms with van der Waals surface area (Å²) in [6.45, 7) is 0. The first-order valence-corrected chi connectivity index (χ1v) is 6.83. The van der Waals surface area contributed by atoms with Gasteiger partial charge in [-0.25, -0.2) is 4.39 Å². The molecule has 0 spiro atoms. The number of rotatable bonds is 2. The molecule has 0 saturated carbocycles. The average Bonchev–Trinajstić information content (AvgIpc) is 2.49. The number of nitrogens with zero attached hydrogens (tertiary/aromatic N) is 1. The second-order valence-electron chi connectivity index (χ2n) is 5.17. The van der Waals surface area contributed by atoms with Gasteiger partial charge in [0.2, 0.25) is 0 Å². The van der Waals surface area contributed by atoms with Gasteiger partial charge in [-0.05, 0) is 36.5 Å². The predicted molar refractivity (Wildman–Crippen MR) is 76.7 cm³/mol. The molecule has 0 bridgehead atoms. The van der Waals surface area contributed by atoms with Gasteiger partial charge in [-0.1, -0.05) is 47.6 Å². The molecular formula is C17H16FNO. The van der Waals surface area contributed by atoms with Crippen LogP contribution in [-0.4, -0.2) is 10.9 Å². The van der Waals surface area contributed by atoms with Crippen LogP contribution in [0.5, 0.6) is 0 Å². The van der Waals surface area contributed by atoms with Crippen LogP contribution in [0.1, 0.15) is 23.1 Å². The minimum Gasteiger partial charge on any atom is -0.411 e. The second kappa shape index (κ2) is 5.45. The molecule has 102 valence electrons. The summed E-state index contributed by atoms with van der Waals surface area (Å²) in [6, 6.07) is 14.8. The topological polar surface area (TPSA) is 32.6 Å². The van der Waals surface area contributed by atoms with E-state index in [1.54, 1.807) is 12.1 Å². The monoisotopic (exact) mass is 269 g/mol. The van der Waals surface area contributed by atoms with Crippen molar-refractivity contribution in [2.45, 2.75) is 19.3 Å². The van der Waals surface area contributed by atoms with E-state index in [0.29, 0.717) is 17.7 Å². The molecule has 3 heteroatoms. The number of fused-ring (bicyclic) bond motifs is 1. The maximum absolute atomic E-state index is 13.8. The summed E-state index contributed by atoms with van der Waals surface area (Å²) in [6.07, 6.45) is 2.39. The van der Waals surface area contributed by atoms with E-state index in [1.165, 1.54) is 11.6 Å². The van der Waals surface area contributed by atoms with Crippen LogP contribution in [0.4, 0.5) is 4.39 Å². The zero-order valence-corrected chi connectivity index (χ0v) is 11.1. The van der Waals surface area contributed by atoms with Crippen LogP contribution in [0.2, 0.25) is 0 Å². The lowest BCUT2D eigenvalue weighted by atomic mass is 9.79. The first kappa shape index (κ1) is 12.9. The van der Waals surface area contributed by atoms with Crippen molar-refractivity contribution in [2.24, 2.45) is 11.1 Å². The van der Waals surface area contributed by atoms with Gasteiger partial charge in [-0.15, -0.1) is 0 Å². The molecule has 0 radical (unpaired) electrons. The van der Waals surface area contributed by atoms with E-state index in [4.69, 9.17) is 0 Å². The molecule has 0 aromatic heterocycles. The molecule has 2 aromatic rings. The number of halogens is 1. The van der Waals surface area contributed by atoms with Crippen molar-refractivity contribution in [1.29, 1.82) is 0 Å². The summed E-state index contributed by atoms with van der Waals surface area (Å²) >= 11 is 0. The van der Waals surface area contributed by atoms with Gasteiger partial charge in [0.15, 0.2) is 0 Å². The lowest BCUT2D eigenvalue weighted by Gasteiger charge is -2.25. The molecule has 0 saturated heterocycles. The fraction of sp³-hybridized carbons (Fsp3) is 0.235. The summed E-state index contributed by atoms with van der Waals surface area (Å²) in [5, 5.41) is 12.8. The molecule has 0 amide bonds. The molecule has 2 nitrogen and oxygen atoms in total. The van der Waals surface area contributed by atoms with Gasteiger partial charge >= 0.3 is 0 Å². The minimum atomic E-state index is -0.191. The summed E-state index contributed by atoms with van der Waals surface area (Å²) in [5.74, 6) is -0.129. The first-order valence-electron chi connectivity index (χ1n) is 6.83. The van der Waals surface area contributed by atoms with Crippen molar-refractivity contribution in [3.05, 3.63) is 71.0 Å². The summed E-state index contributed by atoms with van der Waals surface area (Å²) in [7, 11) is 0. The number of aryl methyl sites for hydroxylation is 1. The van der Waals surface area contributed by atoms with Crippen molar-refractivity contribution in [3.63, 3.8) is 0 Å². The molecule has 2 aromatic carbocycles. The minimum absolute atomic E-state index is 0.0619. The first-order chi connectivity index (χ1) is 9.79. The Morgan fingerprint density at radius 1 is 1.10 bits per heavy atom. The van der Waals surface area contributed by atoms with Crippen LogP contribution in [0, 0.1) is 11.7 Å². The molecular weight excluding hydrogens is 253 g/mol. The Morgan fingerprint density at radius 3 is 2.65 bits per heavy atom. The Bertz CT molecular complexity index is 651. The molecule has 1 N–H and O–H groups in total. The van der Waals surface area contributed by atoms with Crippen LogP contribution in [-0.2, 0) is 12.8 Å². The van der Waals surface area contributed by atoms with E-state index in [0.717, 1.165) is 18.4 Å². The largest absolute Gasteiger partial charge is 0.411 e. The predicted octanol–water partition coefficient (Wildman–Crippen LogP) is 3.81. The van der Waals surface area contributed by atoms with E-state index >= 15 is 0 Å². The van der Waals surface area contributed by atoms with E-state index in [-0.39, 0.29) is 11.7 Å². The SMILES string of the molecule is ON=C1c2ccccc2CCC1Cc1ccccc1F. The fourth-order valence-electron chi connectivity index (χ4n) is 2.94. The molecule has 0 aliphatic heterocycles. The van der Waals surface area contributed by atoms with Gasteiger partial charge in [0.25, 0.3) is 0 Å². The summed E-state index contributed by atoms with van der Waals surface area (Å²) in [4.78, 5) is 0. The maximum Gasteiger partial charge on any atom is 0.126 e. The van der Waals surface area contributed by atoms with Gasteiger partial charge in [-0.3, -0.25) is 0 Å². The van der Waals surface area contributed by atoms with Crippen LogP contribution >= 0.6 is 0 Å². The van der Waals surface area contributed by atoms with Crippen molar-refractivity contribution in [3.8, 4) is 0 Å². The lowest BCUT2D eigenvalue weighted by Crippen LogP contribution is -2.25. The van der Waals surface area contributed by atoms with E-state index in [2.05, 4.69) is 11.2 Å². The average molecular weight is 269 g/mol.